The van der Waals surface area contributed by atoms with Crippen LogP contribution in [0.3, 0.4) is 0 Å². The fourth-order valence-corrected chi connectivity index (χ4v) is 2.52. The Morgan fingerprint density at radius 2 is 1.83 bits per heavy atom. The first-order valence-corrected chi connectivity index (χ1v) is 6.31. The largest absolute Gasteiger partial charge is 0.507 e. The molecule has 1 amide bonds. The van der Waals surface area contributed by atoms with E-state index in [2.05, 4.69) is 5.32 Å². The molecule has 4 heteroatoms. The van der Waals surface area contributed by atoms with E-state index in [0.717, 1.165) is 4.90 Å². The number of aromatic hydroxyl groups is 1. The van der Waals surface area contributed by atoms with Gasteiger partial charge in [0.25, 0.3) is 5.91 Å². The first kappa shape index (κ1) is 12.5. The average molecular weight is 259 g/mol. The molecule has 2 aromatic rings. The Balaban J connectivity index is 2.40. The highest BCUT2D eigenvalue weighted by molar-refractivity contribution is 7.99. The van der Waals surface area contributed by atoms with Gasteiger partial charge >= 0.3 is 0 Å². The summed E-state index contributed by atoms with van der Waals surface area (Å²) in [6, 6.07) is 14.6. The Morgan fingerprint density at radius 3 is 2.50 bits per heavy atom. The van der Waals surface area contributed by atoms with E-state index in [1.807, 2.05) is 30.3 Å². The number of carbonyl (C=O) groups is 1. The molecule has 2 aromatic carbocycles. The topological polar surface area (TPSA) is 49.3 Å². The molecule has 92 valence electrons. The van der Waals surface area contributed by atoms with Gasteiger partial charge in [-0.3, -0.25) is 4.79 Å². The monoisotopic (exact) mass is 259 g/mol. The molecule has 0 aliphatic heterocycles. The highest BCUT2D eigenvalue weighted by Gasteiger charge is 2.14. The molecule has 0 bridgehead atoms. The molecule has 0 spiro atoms. The first-order valence-electron chi connectivity index (χ1n) is 5.49. The number of benzene rings is 2. The highest BCUT2D eigenvalue weighted by Crippen LogP contribution is 2.36. The van der Waals surface area contributed by atoms with Crippen molar-refractivity contribution in [1.82, 2.24) is 5.32 Å². The Bertz CT molecular complexity index is 555. The lowest BCUT2D eigenvalue weighted by molar-refractivity contribution is 0.0959. The van der Waals surface area contributed by atoms with Gasteiger partial charge in [-0.1, -0.05) is 36.0 Å². The van der Waals surface area contributed by atoms with Gasteiger partial charge in [-0.15, -0.1) is 0 Å². The van der Waals surface area contributed by atoms with Gasteiger partial charge in [-0.2, -0.15) is 0 Å². The van der Waals surface area contributed by atoms with Crippen molar-refractivity contribution in [3.63, 3.8) is 0 Å². The highest BCUT2D eigenvalue weighted by atomic mass is 32.2. The second kappa shape index (κ2) is 5.60. The van der Waals surface area contributed by atoms with Crippen molar-refractivity contribution in [1.29, 1.82) is 0 Å². The van der Waals surface area contributed by atoms with Crippen molar-refractivity contribution in [2.45, 2.75) is 9.79 Å². The summed E-state index contributed by atoms with van der Waals surface area (Å²) in [5.74, 6) is -0.0886. The second-order valence-electron chi connectivity index (χ2n) is 3.65. The molecule has 0 aliphatic rings. The van der Waals surface area contributed by atoms with Crippen LogP contribution in [0.5, 0.6) is 5.75 Å². The van der Waals surface area contributed by atoms with Gasteiger partial charge in [0.2, 0.25) is 0 Å². The lowest BCUT2D eigenvalue weighted by Gasteiger charge is -2.09. The minimum absolute atomic E-state index is 0.116. The van der Waals surface area contributed by atoms with Gasteiger partial charge in [-0.25, -0.2) is 0 Å². The molecule has 2 N–H and O–H groups in total. The summed E-state index contributed by atoms with van der Waals surface area (Å²) in [5.41, 5.74) is 0.478. The molecule has 2 rings (SSSR count). The number of amides is 1. The number of rotatable bonds is 3. The molecule has 0 atom stereocenters. The fraction of sp³-hybridized carbons (Fsp3) is 0.0714. The van der Waals surface area contributed by atoms with E-state index in [4.69, 9.17) is 0 Å². The third-order valence-corrected chi connectivity index (χ3v) is 3.57. The van der Waals surface area contributed by atoms with Crippen LogP contribution in [0.2, 0.25) is 0 Å². The molecule has 0 radical (unpaired) electrons. The molecular formula is C14H13NO2S. The van der Waals surface area contributed by atoms with Gasteiger partial charge in [0.05, 0.1) is 10.5 Å². The summed E-state index contributed by atoms with van der Waals surface area (Å²) in [7, 11) is 1.57. The Morgan fingerprint density at radius 1 is 1.11 bits per heavy atom. The van der Waals surface area contributed by atoms with Crippen LogP contribution in [-0.2, 0) is 0 Å². The minimum Gasteiger partial charge on any atom is -0.507 e. The Labute approximate surface area is 110 Å². The van der Waals surface area contributed by atoms with E-state index in [1.165, 1.54) is 11.8 Å². The van der Waals surface area contributed by atoms with E-state index >= 15 is 0 Å². The summed E-state index contributed by atoms with van der Waals surface area (Å²) < 4.78 is 0. The number of phenolic OH excluding ortho intramolecular Hbond substituents is 1. The second-order valence-corrected chi connectivity index (χ2v) is 4.73. The average Bonchev–Trinajstić information content (AvgIpc) is 2.41. The van der Waals surface area contributed by atoms with E-state index in [0.29, 0.717) is 10.5 Å². The maximum atomic E-state index is 11.7. The van der Waals surface area contributed by atoms with Crippen molar-refractivity contribution in [2.75, 3.05) is 7.05 Å². The normalized spacial score (nSPS) is 10.1. The van der Waals surface area contributed by atoms with Crippen molar-refractivity contribution in [3.8, 4) is 5.75 Å². The smallest absolute Gasteiger partial charge is 0.252 e. The van der Waals surface area contributed by atoms with Gasteiger partial charge in [0.15, 0.2) is 0 Å². The van der Waals surface area contributed by atoms with Crippen molar-refractivity contribution in [3.05, 3.63) is 54.1 Å². The molecule has 0 heterocycles. The van der Waals surface area contributed by atoms with Crippen LogP contribution in [-0.4, -0.2) is 18.1 Å². The lowest BCUT2D eigenvalue weighted by Crippen LogP contribution is -2.18. The maximum absolute atomic E-state index is 11.7. The minimum atomic E-state index is -0.204. The molecule has 0 unspecified atom stereocenters. The van der Waals surface area contributed by atoms with E-state index < -0.39 is 0 Å². The van der Waals surface area contributed by atoms with Gasteiger partial charge in [-0.05, 0) is 24.3 Å². The Kier molecular flexibility index (Phi) is 3.89. The van der Waals surface area contributed by atoms with Crippen LogP contribution in [0.25, 0.3) is 0 Å². The van der Waals surface area contributed by atoms with Crippen molar-refractivity contribution >= 4 is 17.7 Å². The van der Waals surface area contributed by atoms with Gasteiger partial charge in [0.1, 0.15) is 5.75 Å². The molecular weight excluding hydrogens is 246 g/mol. The lowest BCUT2D eigenvalue weighted by atomic mass is 10.2. The van der Waals surface area contributed by atoms with E-state index in [1.54, 1.807) is 25.2 Å². The number of carbonyl (C=O) groups excluding carboxylic acids is 1. The molecule has 0 saturated carbocycles. The third-order valence-electron chi connectivity index (χ3n) is 2.43. The van der Waals surface area contributed by atoms with E-state index in [-0.39, 0.29) is 11.7 Å². The van der Waals surface area contributed by atoms with Crippen LogP contribution in [0, 0.1) is 0 Å². The Hall–Kier alpha value is -1.94. The maximum Gasteiger partial charge on any atom is 0.252 e. The number of hydrogen-bond acceptors (Lipinski definition) is 3. The van der Waals surface area contributed by atoms with Crippen molar-refractivity contribution < 1.29 is 9.90 Å². The molecule has 0 aliphatic carbocycles. The summed E-state index contributed by atoms with van der Waals surface area (Å²) in [5, 5.41) is 12.5. The molecule has 0 saturated heterocycles. The van der Waals surface area contributed by atoms with Gasteiger partial charge < -0.3 is 10.4 Å². The predicted octanol–water partition coefficient (Wildman–Crippen LogP) is 2.90. The number of hydrogen-bond donors (Lipinski definition) is 2. The van der Waals surface area contributed by atoms with Crippen LogP contribution in [0.1, 0.15) is 10.4 Å². The fourth-order valence-electron chi connectivity index (χ4n) is 1.55. The molecule has 18 heavy (non-hydrogen) atoms. The van der Waals surface area contributed by atoms with Crippen molar-refractivity contribution in [2.24, 2.45) is 0 Å². The third kappa shape index (κ3) is 2.65. The van der Waals surface area contributed by atoms with Crippen LogP contribution in [0.15, 0.2) is 58.3 Å². The molecule has 0 aromatic heterocycles. The zero-order valence-corrected chi connectivity index (χ0v) is 10.7. The van der Waals surface area contributed by atoms with E-state index in [9.17, 15) is 9.90 Å². The number of phenols is 1. The summed E-state index contributed by atoms with van der Waals surface area (Å²) >= 11 is 1.37. The van der Waals surface area contributed by atoms with Crippen LogP contribution in [0.4, 0.5) is 0 Å². The molecule has 3 nitrogen and oxygen atoms in total. The summed E-state index contributed by atoms with van der Waals surface area (Å²) in [4.78, 5) is 13.3. The zero-order chi connectivity index (χ0) is 13.0. The quantitative estimate of drug-likeness (QED) is 0.891. The zero-order valence-electron chi connectivity index (χ0n) is 9.88. The first-order chi connectivity index (χ1) is 8.72. The van der Waals surface area contributed by atoms with Crippen LogP contribution >= 0.6 is 11.8 Å². The summed E-state index contributed by atoms with van der Waals surface area (Å²) in [6.45, 7) is 0. The number of nitrogens with one attached hydrogen (secondary N) is 1. The van der Waals surface area contributed by atoms with Crippen LogP contribution < -0.4 is 5.32 Å². The molecule has 0 fully saturated rings. The van der Waals surface area contributed by atoms with Gasteiger partial charge in [0, 0.05) is 11.9 Å². The SMILES string of the molecule is CNC(=O)c1cccc(O)c1Sc1ccccc1. The predicted molar refractivity (Wildman–Crippen MR) is 72.1 cm³/mol. The standard InChI is InChI=1S/C14H13NO2S/c1-15-14(17)11-8-5-9-12(16)13(11)18-10-6-3-2-4-7-10/h2-9,16H,1H3,(H,15,17). The summed E-state index contributed by atoms with van der Waals surface area (Å²) in [6.07, 6.45) is 0.